The number of halogens is 5. The molecule has 0 saturated heterocycles. The Bertz CT molecular complexity index is 363. The average Bonchev–Trinajstić information content (AvgIpc) is 2.38. The zero-order valence-corrected chi connectivity index (χ0v) is 12.2. The van der Waals surface area contributed by atoms with Gasteiger partial charge in [-0.1, -0.05) is 0 Å². The molecule has 0 aromatic heterocycles. The lowest BCUT2D eigenvalue weighted by atomic mass is 9.69. The Kier molecular flexibility index (Phi) is 5.52. The fraction of sp³-hybridized carbons (Fsp3) is 0.929. The molecule has 6 unspecified atom stereocenters. The number of aldehydes is 1. The summed E-state index contributed by atoms with van der Waals surface area (Å²) in [7, 11) is 0. The van der Waals surface area contributed by atoms with Crippen molar-refractivity contribution < 1.29 is 27.1 Å². The molecule has 2 nitrogen and oxygen atoms in total. The van der Waals surface area contributed by atoms with Gasteiger partial charge in [0.25, 0.3) is 0 Å². The fourth-order valence-corrected chi connectivity index (χ4v) is 4.21. The second-order valence-electron chi connectivity index (χ2n) is 6.07. The van der Waals surface area contributed by atoms with Crippen molar-refractivity contribution in [3.63, 3.8) is 0 Å². The molecule has 0 amide bonds. The molecule has 0 N–H and O–H groups in total. The maximum atomic E-state index is 13.3. The Labute approximate surface area is 126 Å². The van der Waals surface area contributed by atoms with Crippen molar-refractivity contribution in [3.8, 4) is 0 Å². The van der Waals surface area contributed by atoms with E-state index in [4.69, 9.17) is 11.6 Å². The van der Waals surface area contributed by atoms with Crippen molar-refractivity contribution in [2.24, 2.45) is 17.8 Å². The molecular formula is C14H19ClF4O2. The summed E-state index contributed by atoms with van der Waals surface area (Å²) in [5.74, 6) is -0.617. The minimum atomic E-state index is -4.72. The molecule has 7 heteroatoms. The first kappa shape index (κ1) is 17.0. The number of hydrogen-bond donors (Lipinski definition) is 0. The highest BCUT2D eigenvalue weighted by Gasteiger charge is 2.43. The quantitative estimate of drug-likeness (QED) is 0.439. The van der Waals surface area contributed by atoms with Gasteiger partial charge in [-0.2, -0.15) is 0 Å². The summed E-state index contributed by atoms with van der Waals surface area (Å²) in [6.07, 6.45) is -3.74. The lowest BCUT2D eigenvalue weighted by molar-refractivity contribution is -0.349. The molecule has 0 aliphatic heterocycles. The predicted octanol–water partition coefficient (Wildman–Crippen LogP) is 4.25. The molecule has 122 valence electrons. The van der Waals surface area contributed by atoms with Crippen LogP contribution in [0.3, 0.4) is 0 Å². The Hall–Kier alpha value is -0.360. The van der Waals surface area contributed by atoms with Crippen molar-refractivity contribution >= 4 is 17.9 Å². The van der Waals surface area contributed by atoms with Crippen molar-refractivity contribution in [2.45, 2.75) is 62.5 Å². The molecule has 0 radical (unpaired) electrons. The first-order chi connectivity index (χ1) is 9.80. The first-order valence-electron chi connectivity index (χ1n) is 7.28. The highest BCUT2D eigenvalue weighted by Crippen LogP contribution is 2.44. The lowest BCUT2D eigenvalue weighted by Gasteiger charge is -2.41. The average molecular weight is 331 g/mol. The van der Waals surface area contributed by atoms with Crippen LogP contribution in [0.15, 0.2) is 0 Å². The van der Waals surface area contributed by atoms with Crippen LogP contribution in [-0.4, -0.2) is 30.3 Å². The number of hydrogen-bond acceptors (Lipinski definition) is 2. The third kappa shape index (κ3) is 4.55. The molecule has 0 bridgehead atoms. The second kappa shape index (κ2) is 6.82. The number of carbonyl (C=O) groups excluding carboxylic acids is 1. The lowest BCUT2D eigenvalue weighted by Crippen LogP contribution is -2.41. The number of rotatable bonds is 3. The van der Waals surface area contributed by atoms with E-state index in [0.717, 1.165) is 0 Å². The van der Waals surface area contributed by atoms with Crippen molar-refractivity contribution in [3.05, 3.63) is 0 Å². The summed E-state index contributed by atoms with van der Waals surface area (Å²) in [6, 6.07) is 0. The van der Waals surface area contributed by atoms with Gasteiger partial charge in [-0.25, -0.2) is 4.39 Å². The summed E-state index contributed by atoms with van der Waals surface area (Å²) < 4.78 is 54.2. The van der Waals surface area contributed by atoms with Crippen molar-refractivity contribution in [2.75, 3.05) is 0 Å². The van der Waals surface area contributed by atoms with Crippen LogP contribution in [0.5, 0.6) is 0 Å². The van der Waals surface area contributed by atoms with E-state index in [2.05, 4.69) is 4.74 Å². The molecule has 0 spiro atoms. The monoisotopic (exact) mass is 330 g/mol. The molecule has 21 heavy (non-hydrogen) atoms. The highest BCUT2D eigenvalue weighted by atomic mass is 35.5. The Morgan fingerprint density at radius 3 is 2.38 bits per heavy atom. The maximum Gasteiger partial charge on any atom is 0.522 e. The van der Waals surface area contributed by atoms with Crippen LogP contribution in [-0.2, 0) is 9.53 Å². The Balaban J connectivity index is 1.96. The van der Waals surface area contributed by atoms with Gasteiger partial charge in [-0.05, 0) is 50.4 Å². The van der Waals surface area contributed by atoms with E-state index in [1.165, 1.54) is 0 Å². The molecule has 2 rings (SSSR count). The van der Waals surface area contributed by atoms with Crippen molar-refractivity contribution in [1.82, 2.24) is 0 Å². The molecule has 2 fully saturated rings. The third-order valence-corrected chi connectivity index (χ3v) is 5.20. The van der Waals surface area contributed by atoms with E-state index in [1.54, 1.807) is 0 Å². The minimum absolute atomic E-state index is 0.0725. The number of alkyl halides is 5. The molecule has 2 saturated carbocycles. The van der Waals surface area contributed by atoms with Gasteiger partial charge in [0.1, 0.15) is 12.5 Å². The van der Waals surface area contributed by atoms with Crippen LogP contribution >= 0.6 is 11.6 Å². The topological polar surface area (TPSA) is 26.3 Å². The predicted molar refractivity (Wildman–Crippen MR) is 69.7 cm³/mol. The van der Waals surface area contributed by atoms with E-state index >= 15 is 0 Å². The van der Waals surface area contributed by atoms with Crippen LogP contribution in [0, 0.1) is 17.8 Å². The van der Waals surface area contributed by atoms with Crippen LogP contribution in [0.25, 0.3) is 0 Å². The summed E-state index contributed by atoms with van der Waals surface area (Å²) in [6.45, 7) is 0. The summed E-state index contributed by atoms with van der Waals surface area (Å²) in [5.41, 5.74) is 0. The third-order valence-electron chi connectivity index (χ3n) is 4.70. The minimum Gasteiger partial charge on any atom is -0.303 e. The van der Waals surface area contributed by atoms with E-state index in [0.29, 0.717) is 32.0 Å². The largest absolute Gasteiger partial charge is 0.522 e. The van der Waals surface area contributed by atoms with Gasteiger partial charge < -0.3 is 4.79 Å². The van der Waals surface area contributed by atoms with E-state index < -0.39 is 24.6 Å². The molecular weight excluding hydrogens is 312 g/mol. The normalized spacial score (nSPS) is 41.8. The molecule has 2 aliphatic carbocycles. The smallest absolute Gasteiger partial charge is 0.303 e. The van der Waals surface area contributed by atoms with Crippen molar-refractivity contribution in [1.29, 1.82) is 0 Å². The summed E-state index contributed by atoms with van der Waals surface area (Å²) in [4.78, 5) is 11.1. The highest BCUT2D eigenvalue weighted by molar-refractivity contribution is 6.20. The van der Waals surface area contributed by atoms with Crippen LogP contribution in [0.1, 0.15) is 38.5 Å². The molecule has 2 aliphatic rings. The van der Waals surface area contributed by atoms with E-state index in [-0.39, 0.29) is 30.1 Å². The maximum absolute atomic E-state index is 13.3. The molecule has 0 heterocycles. The Morgan fingerprint density at radius 2 is 1.81 bits per heavy atom. The molecule has 6 atom stereocenters. The van der Waals surface area contributed by atoms with Gasteiger partial charge in [0.05, 0.1) is 6.10 Å². The molecule has 0 aromatic rings. The standard InChI is InChI=1S/C14H19ClF4O2/c15-12-6-10(16)2-3-11(12)8-1-4-13(9(5-8)7-20)21-14(17,18)19/h7-13H,1-6H2. The second-order valence-corrected chi connectivity index (χ2v) is 6.63. The van der Waals surface area contributed by atoms with Gasteiger partial charge in [-0.3, -0.25) is 4.74 Å². The Morgan fingerprint density at radius 1 is 1.10 bits per heavy atom. The summed E-state index contributed by atoms with van der Waals surface area (Å²) in [5, 5.41) is -0.300. The van der Waals surface area contributed by atoms with Gasteiger partial charge >= 0.3 is 6.36 Å². The number of carbonyl (C=O) groups is 1. The van der Waals surface area contributed by atoms with Crippen LogP contribution in [0.4, 0.5) is 17.6 Å². The first-order valence-corrected chi connectivity index (χ1v) is 7.71. The number of ether oxygens (including phenoxy) is 1. The van der Waals surface area contributed by atoms with Gasteiger partial charge in [0.2, 0.25) is 0 Å². The van der Waals surface area contributed by atoms with Gasteiger partial charge in [0, 0.05) is 11.3 Å². The fourth-order valence-electron chi connectivity index (χ4n) is 3.68. The van der Waals surface area contributed by atoms with E-state index in [9.17, 15) is 22.4 Å². The van der Waals surface area contributed by atoms with Gasteiger partial charge in [0.15, 0.2) is 0 Å². The van der Waals surface area contributed by atoms with Crippen LogP contribution in [0.2, 0.25) is 0 Å². The zero-order valence-electron chi connectivity index (χ0n) is 11.5. The SMILES string of the molecule is O=CC1CC(C2CCC(F)CC2Cl)CCC1OC(F)(F)F. The van der Waals surface area contributed by atoms with E-state index in [1.807, 2.05) is 0 Å². The van der Waals surface area contributed by atoms with Crippen LogP contribution < -0.4 is 0 Å². The summed E-state index contributed by atoms with van der Waals surface area (Å²) >= 11 is 6.21. The van der Waals surface area contributed by atoms with Gasteiger partial charge in [-0.15, -0.1) is 24.8 Å². The zero-order chi connectivity index (χ0) is 15.6. The molecule has 0 aromatic carbocycles.